The van der Waals surface area contributed by atoms with E-state index < -0.39 is 22.6 Å². The van der Waals surface area contributed by atoms with E-state index in [9.17, 15) is 21.6 Å². The van der Waals surface area contributed by atoms with Crippen molar-refractivity contribution >= 4 is 10.1 Å². The molecule has 8 heteroatoms. The zero-order valence-corrected chi connectivity index (χ0v) is 12.0. The van der Waals surface area contributed by atoms with E-state index in [1.807, 2.05) is 0 Å². The Hall–Kier alpha value is -1.28. The second-order valence-corrected chi connectivity index (χ2v) is 5.81. The molecule has 0 saturated carbocycles. The van der Waals surface area contributed by atoms with Gasteiger partial charge in [0, 0.05) is 0 Å². The summed E-state index contributed by atoms with van der Waals surface area (Å²) < 4.78 is 67.4. The quantitative estimate of drug-likeness (QED) is 0.784. The van der Waals surface area contributed by atoms with Crippen molar-refractivity contribution in [1.82, 2.24) is 0 Å². The molecule has 4 nitrogen and oxygen atoms in total. The second kappa shape index (κ2) is 6.01. The van der Waals surface area contributed by atoms with Crippen LogP contribution < -0.4 is 4.74 Å². The topological polar surface area (TPSA) is 52.6 Å². The fourth-order valence-electron chi connectivity index (χ4n) is 1.67. The summed E-state index contributed by atoms with van der Waals surface area (Å²) in [5.74, 6) is -0.296. The molecule has 1 rings (SSSR count). The molecule has 0 spiro atoms. The fourth-order valence-corrected chi connectivity index (χ4v) is 2.31. The summed E-state index contributed by atoms with van der Waals surface area (Å²) in [6.07, 6.45) is -4.33. The molecular weight excluding hydrogens is 297 g/mol. The highest BCUT2D eigenvalue weighted by molar-refractivity contribution is 7.86. The van der Waals surface area contributed by atoms with E-state index in [2.05, 4.69) is 4.74 Å². The van der Waals surface area contributed by atoms with E-state index in [1.165, 1.54) is 19.1 Å². The Balaban J connectivity index is 3.03. The molecule has 0 radical (unpaired) electrons. The average molecular weight is 312 g/mol. The van der Waals surface area contributed by atoms with Gasteiger partial charge in [0.1, 0.15) is 5.75 Å². The summed E-state index contributed by atoms with van der Waals surface area (Å²) in [4.78, 5) is 0. The standard InChI is InChI=1S/C12H15F3O4S/c1-4-9-7-10(8(2)19-20(3,16)17)5-6-11(9)18-12(13,14)15/h5-8H,4H2,1-3H3. The van der Waals surface area contributed by atoms with Gasteiger partial charge in [0.25, 0.3) is 10.1 Å². The van der Waals surface area contributed by atoms with Gasteiger partial charge >= 0.3 is 6.36 Å². The first kappa shape index (κ1) is 16.8. The number of hydrogen-bond acceptors (Lipinski definition) is 4. The normalized spacial score (nSPS) is 14.1. The first-order valence-electron chi connectivity index (χ1n) is 5.78. The Morgan fingerprint density at radius 2 is 1.90 bits per heavy atom. The Morgan fingerprint density at radius 1 is 1.30 bits per heavy atom. The number of aryl methyl sites for hydroxylation is 1. The van der Waals surface area contributed by atoms with Crippen LogP contribution in [0.4, 0.5) is 13.2 Å². The molecule has 0 aliphatic rings. The number of halogens is 3. The highest BCUT2D eigenvalue weighted by atomic mass is 32.2. The van der Waals surface area contributed by atoms with Crippen LogP contribution in [0.3, 0.4) is 0 Å². The Kier molecular flexibility index (Phi) is 5.04. The SMILES string of the molecule is CCc1cc(C(C)OS(C)(=O)=O)ccc1OC(F)(F)F. The van der Waals surface area contributed by atoms with E-state index in [4.69, 9.17) is 4.18 Å². The maximum atomic E-state index is 12.2. The van der Waals surface area contributed by atoms with E-state index in [1.54, 1.807) is 6.92 Å². The molecule has 0 heterocycles. The molecule has 1 atom stereocenters. The molecule has 0 fully saturated rings. The summed E-state index contributed by atoms with van der Waals surface area (Å²) in [5, 5.41) is 0. The third-order valence-corrected chi connectivity index (χ3v) is 3.12. The number of rotatable bonds is 5. The van der Waals surface area contributed by atoms with Crippen molar-refractivity contribution in [3.8, 4) is 5.75 Å². The van der Waals surface area contributed by atoms with Crippen molar-refractivity contribution in [3.05, 3.63) is 29.3 Å². The third-order valence-electron chi connectivity index (χ3n) is 2.48. The molecule has 1 unspecified atom stereocenters. The smallest absolute Gasteiger partial charge is 0.406 e. The molecule has 0 aliphatic carbocycles. The monoisotopic (exact) mass is 312 g/mol. The van der Waals surface area contributed by atoms with Crippen LogP contribution in [0.25, 0.3) is 0 Å². The van der Waals surface area contributed by atoms with E-state index in [-0.39, 0.29) is 5.75 Å². The van der Waals surface area contributed by atoms with Gasteiger partial charge in [0.15, 0.2) is 0 Å². The van der Waals surface area contributed by atoms with Crippen molar-refractivity contribution < 1.29 is 30.5 Å². The van der Waals surface area contributed by atoms with Crippen molar-refractivity contribution in [2.45, 2.75) is 32.7 Å². The van der Waals surface area contributed by atoms with Crippen LogP contribution in [0.5, 0.6) is 5.75 Å². The molecule has 0 aromatic heterocycles. The van der Waals surface area contributed by atoms with Gasteiger partial charge in [0.05, 0.1) is 12.4 Å². The summed E-state index contributed by atoms with van der Waals surface area (Å²) >= 11 is 0. The predicted molar refractivity (Wildman–Crippen MR) is 66.8 cm³/mol. The van der Waals surface area contributed by atoms with Gasteiger partial charge in [-0.1, -0.05) is 13.0 Å². The van der Waals surface area contributed by atoms with Crippen LogP contribution in [0.1, 0.15) is 31.1 Å². The Labute approximate surface area is 115 Å². The fraction of sp³-hybridized carbons (Fsp3) is 0.500. The summed E-state index contributed by atoms with van der Waals surface area (Å²) in [5.41, 5.74) is 0.783. The van der Waals surface area contributed by atoms with Gasteiger partial charge in [-0.15, -0.1) is 13.2 Å². The maximum Gasteiger partial charge on any atom is 0.573 e. The number of benzene rings is 1. The first-order valence-corrected chi connectivity index (χ1v) is 7.60. The van der Waals surface area contributed by atoms with Gasteiger partial charge in [0.2, 0.25) is 0 Å². The molecule has 1 aromatic carbocycles. The third kappa shape index (κ3) is 5.38. The van der Waals surface area contributed by atoms with Crippen LogP contribution in [0, 0.1) is 0 Å². The molecule has 0 bridgehead atoms. The zero-order chi connectivity index (χ0) is 15.6. The molecule has 114 valence electrons. The van der Waals surface area contributed by atoms with E-state index >= 15 is 0 Å². The average Bonchev–Trinajstić information content (AvgIpc) is 2.25. The highest BCUT2D eigenvalue weighted by Gasteiger charge is 2.32. The second-order valence-electron chi connectivity index (χ2n) is 4.21. The van der Waals surface area contributed by atoms with E-state index in [0.717, 1.165) is 12.3 Å². The number of alkyl halides is 3. The van der Waals surface area contributed by atoms with Crippen molar-refractivity contribution in [3.63, 3.8) is 0 Å². The van der Waals surface area contributed by atoms with Crippen LogP contribution in [0.15, 0.2) is 18.2 Å². The lowest BCUT2D eigenvalue weighted by atomic mass is 10.0. The van der Waals surface area contributed by atoms with Crippen molar-refractivity contribution in [2.24, 2.45) is 0 Å². The Bertz CT molecular complexity index is 567. The molecule has 0 N–H and O–H groups in total. The van der Waals surface area contributed by atoms with Gasteiger partial charge in [-0.2, -0.15) is 8.42 Å². The number of ether oxygens (including phenoxy) is 1. The van der Waals surface area contributed by atoms with Crippen LogP contribution >= 0.6 is 0 Å². The Morgan fingerprint density at radius 3 is 2.35 bits per heavy atom. The summed E-state index contributed by atoms with van der Waals surface area (Å²) in [6.45, 7) is 3.17. The molecular formula is C12H15F3O4S. The lowest BCUT2D eigenvalue weighted by molar-refractivity contribution is -0.274. The first-order chi connectivity index (χ1) is 9.02. The predicted octanol–water partition coefficient (Wildman–Crippen LogP) is 3.18. The lowest BCUT2D eigenvalue weighted by Gasteiger charge is -2.16. The minimum Gasteiger partial charge on any atom is -0.406 e. The van der Waals surface area contributed by atoms with Crippen LogP contribution in [-0.2, 0) is 20.7 Å². The molecule has 0 amide bonds. The van der Waals surface area contributed by atoms with Crippen LogP contribution in [-0.4, -0.2) is 21.0 Å². The lowest BCUT2D eigenvalue weighted by Crippen LogP contribution is -2.18. The van der Waals surface area contributed by atoms with Gasteiger partial charge in [-0.25, -0.2) is 0 Å². The minimum atomic E-state index is -4.76. The van der Waals surface area contributed by atoms with Gasteiger partial charge in [-0.05, 0) is 36.6 Å². The van der Waals surface area contributed by atoms with Gasteiger partial charge in [-0.3, -0.25) is 4.18 Å². The molecule has 1 aromatic rings. The summed E-state index contributed by atoms with van der Waals surface area (Å²) in [6, 6.07) is 3.94. The molecule has 0 saturated heterocycles. The maximum absolute atomic E-state index is 12.2. The molecule has 0 aliphatic heterocycles. The summed E-state index contributed by atoms with van der Waals surface area (Å²) in [7, 11) is -3.64. The van der Waals surface area contributed by atoms with Crippen molar-refractivity contribution in [1.29, 1.82) is 0 Å². The van der Waals surface area contributed by atoms with Crippen molar-refractivity contribution in [2.75, 3.05) is 6.26 Å². The van der Waals surface area contributed by atoms with Crippen LogP contribution in [0.2, 0.25) is 0 Å². The highest BCUT2D eigenvalue weighted by Crippen LogP contribution is 2.30. The zero-order valence-electron chi connectivity index (χ0n) is 11.2. The van der Waals surface area contributed by atoms with E-state index in [0.29, 0.717) is 17.5 Å². The minimum absolute atomic E-state index is 0.296. The van der Waals surface area contributed by atoms with Gasteiger partial charge < -0.3 is 4.74 Å². The number of hydrogen-bond donors (Lipinski definition) is 0. The largest absolute Gasteiger partial charge is 0.573 e. The molecule has 20 heavy (non-hydrogen) atoms.